The molecule has 0 atom stereocenters. The van der Waals surface area contributed by atoms with Crippen molar-refractivity contribution in [1.82, 2.24) is 0 Å². The zero-order chi connectivity index (χ0) is 44.3. The minimum atomic E-state index is -0.206. The van der Waals surface area contributed by atoms with Gasteiger partial charge < -0.3 is 9.80 Å². The molecule has 0 radical (unpaired) electrons. The van der Waals surface area contributed by atoms with Crippen molar-refractivity contribution in [2.45, 2.75) is 111 Å². The van der Waals surface area contributed by atoms with Crippen LogP contribution in [0.4, 0.5) is 28.4 Å². The van der Waals surface area contributed by atoms with E-state index in [-0.39, 0.29) is 16.2 Å². The Balaban J connectivity index is 0.00000123. The van der Waals surface area contributed by atoms with Crippen LogP contribution < -0.4 is 9.80 Å². The predicted octanol–water partition coefficient (Wildman–Crippen LogP) is 17.6. The van der Waals surface area contributed by atoms with Crippen LogP contribution in [-0.2, 0) is 16.2 Å². The van der Waals surface area contributed by atoms with Crippen molar-refractivity contribution in [2.75, 3.05) is 9.80 Å². The van der Waals surface area contributed by atoms with E-state index in [2.05, 4.69) is 209 Å². The molecule has 6 aromatic carbocycles. The van der Waals surface area contributed by atoms with E-state index in [1.807, 2.05) is 27.7 Å². The van der Waals surface area contributed by atoms with Gasteiger partial charge in [0.15, 0.2) is 0 Å². The van der Waals surface area contributed by atoms with E-state index in [1.165, 1.54) is 95.2 Å². The second kappa shape index (κ2) is 16.2. The first-order valence-electron chi connectivity index (χ1n) is 23.6. The van der Waals surface area contributed by atoms with Gasteiger partial charge >= 0.3 is 0 Å². The fourth-order valence-electron chi connectivity index (χ4n) is 11.3. The molecule has 0 saturated carbocycles. The zero-order valence-electron chi connectivity index (χ0n) is 39.2. The van der Waals surface area contributed by atoms with Gasteiger partial charge in [0.25, 0.3) is 0 Å². The molecule has 0 spiro atoms. The molecule has 0 unspecified atom stereocenters. The summed E-state index contributed by atoms with van der Waals surface area (Å²) in [6, 6.07) is 48.7. The highest BCUT2D eigenvalue weighted by atomic mass is 15.2. The molecule has 318 valence electrons. The number of para-hydroxylation sites is 1. The van der Waals surface area contributed by atoms with Crippen molar-refractivity contribution >= 4 is 34.0 Å². The van der Waals surface area contributed by atoms with Gasteiger partial charge in [-0.1, -0.05) is 172 Å². The smallest absolute Gasteiger partial charge is 0.0560 e. The molecule has 0 aliphatic heterocycles. The Bertz CT molecular complexity index is 2860. The Labute approximate surface area is 378 Å². The number of rotatable bonds is 6. The Morgan fingerprint density at radius 3 is 1.68 bits per heavy atom. The van der Waals surface area contributed by atoms with Crippen molar-refractivity contribution in [3.63, 3.8) is 0 Å². The molecule has 0 heterocycles. The third-order valence-corrected chi connectivity index (χ3v) is 14.4. The van der Waals surface area contributed by atoms with Crippen LogP contribution in [-0.4, -0.2) is 0 Å². The molecular weight excluding hydrogens is 761 g/mol. The Hall–Kier alpha value is -6.12. The first kappa shape index (κ1) is 42.2. The molecule has 63 heavy (non-hydrogen) atoms. The number of benzene rings is 6. The molecular formula is C61H64N2. The summed E-state index contributed by atoms with van der Waals surface area (Å²) < 4.78 is 0. The van der Waals surface area contributed by atoms with Crippen molar-refractivity contribution in [3.05, 3.63) is 202 Å². The minimum Gasteiger partial charge on any atom is -0.313 e. The standard InChI is InChI=1S/C57H52N2.2C2H6/c1-55(2)47-26-16-13-23-42(47)44-31-29-39(33-50(44)55)58(37-19-9-7-10-20-37)41-35-52-54(46-25-15-18-28-49(46)57(52,5)6)53(36-41)59(38-21-11-8-12-22-38)40-30-32-45-43-24-14-17-27-48(43)56(3,4)51(45)34-40;2*1-2/h7-11,14-21,24-36H,12-13,22-23H2,1-6H3;2*1-2H3. The zero-order valence-corrected chi connectivity index (χ0v) is 39.2. The lowest BCUT2D eigenvalue weighted by Gasteiger charge is -2.35. The summed E-state index contributed by atoms with van der Waals surface area (Å²) in [5.74, 6) is 0. The van der Waals surface area contributed by atoms with Gasteiger partial charge in [0.1, 0.15) is 0 Å². The summed E-state index contributed by atoms with van der Waals surface area (Å²) in [7, 11) is 0. The van der Waals surface area contributed by atoms with Gasteiger partial charge in [0, 0.05) is 50.3 Å². The second-order valence-corrected chi connectivity index (χ2v) is 18.8. The van der Waals surface area contributed by atoms with Crippen LogP contribution in [0.25, 0.3) is 27.8 Å². The van der Waals surface area contributed by atoms with Crippen molar-refractivity contribution < 1.29 is 0 Å². The normalized spacial score (nSPS) is 17.1. The van der Waals surface area contributed by atoms with Crippen LogP contribution in [0.5, 0.6) is 0 Å². The van der Waals surface area contributed by atoms with Crippen LogP contribution in [0.3, 0.4) is 0 Å². The molecule has 5 aliphatic carbocycles. The van der Waals surface area contributed by atoms with Crippen LogP contribution in [0.1, 0.15) is 128 Å². The molecule has 2 nitrogen and oxygen atoms in total. The third-order valence-electron chi connectivity index (χ3n) is 14.4. The molecule has 2 heteroatoms. The van der Waals surface area contributed by atoms with Crippen LogP contribution >= 0.6 is 0 Å². The van der Waals surface area contributed by atoms with Crippen molar-refractivity contribution in [3.8, 4) is 22.3 Å². The minimum absolute atomic E-state index is 0.0640. The lowest BCUT2D eigenvalue weighted by atomic mass is 9.80. The molecule has 5 aliphatic rings. The van der Waals surface area contributed by atoms with Gasteiger partial charge in [-0.05, 0) is 142 Å². The molecule has 0 amide bonds. The van der Waals surface area contributed by atoms with Gasteiger partial charge in [-0.15, -0.1) is 0 Å². The first-order valence-corrected chi connectivity index (χ1v) is 23.6. The quantitative estimate of drug-likeness (QED) is 0.165. The second-order valence-electron chi connectivity index (χ2n) is 18.8. The van der Waals surface area contributed by atoms with Crippen LogP contribution in [0.15, 0.2) is 169 Å². The largest absolute Gasteiger partial charge is 0.313 e. The number of allylic oxidation sites excluding steroid dienone is 8. The van der Waals surface area contributed by atoms with Gasteiger partial charge in [0.2, 0.25) is 0 Å². The summed E-state index contributed by atoms with van der Waals surface area (Å²) >= 11 is 0. The lowest BCUT2D eigenvalue weighted by molar-refractivity contribution is 0.651. The molecule has 0 aromatic heterocycles. The lowest BCUT2D eigenvalue weighted by Crippen LogP contribution is -2.22. The van der Waals surface area contributed by atoms with Crippen molar-refractivity contribution in [1.29, 1.82) is 0 Å². The highest BCUT2D eigenvalue weighted by Gasteiger charge is 2.42. The van der Waals surface area contributed by atoms with Crippen molar-refractivity contribution in [2.24, 2.45) is 0 Å². The fraction of sp³-hybridized carbons (Fsp3) is 0.279. The number of hydrogen-bond donors (Lipinski definition) is 0. The van der Waals surface area contributed by atoms with E-state index < -0.39 is 0 Å². The van der Waals surface area contributed by atoms with E-state index >= 15 is 0 Å². The predicted molar refractivity (Wildman–Crippen MR) is 272 cm³/mol. The summed E-state index contributed by atoms with van der Waals surface area (Å²) in [6.45, 7) is 22.4. The van der Waals surface area contributed by atoms with E-state index in [0.29, 0.717) is 0 Å². The maximum absolute atomic E-state index is 2.61. The van der Waals surface area contributed by atoms with Crippen LogP contribution in [0, 0.1) is 0 Å². The SMILES string of the molecule is CC.CC.CC1(C)C2=C(CCC=C2)c2ccc(N(c3ccccc3)c3cc(N(C4=CC=CCC4)c4ccc5c(c4)C(C)(C)c4ccccc4-5)c4c(c3)C(C)(C)c3ccccc3-4)cc21. The first-order chi connectivity index (χ1) is 30.5. The summed E-state index contributed by atoms with van der Waals surface area (Å²) in [4.78, 5) is 5.13. The number of anilines is 5. The molecule has 0 fully saturated rings. The monoisotopic (exact) mass is 825 g/mol. The summed E-state index contributed by atoms with van der Waals surface area (Å²) in [5.41, 5.74) is 23.6. The Morgan fingerprint density at radius 2 is 0.984 bits per heavy atom. The highest BCUT2D eigenvalue weighted by molar-refractivity contribution is 5.97. The van der Waals surface area contributed by atoms with Gasteiger partial charge in [-0.3, -0.25) is 0 Å². The van der Waals surface area contributed by atoms with Gasteiger partial charge in [0.05, 0.1) is 5.69 Å². The number of nitrogens with zero attached hydrogens (tertiary/aromatic N) is 2. The van der Waals surface area contributed by atoms with Crippen LogP contribution in [0.2, 0.25) is 0 Å². The van der Waals surface area contributed by atoms with E-state index in [0.717, 1.165) is 31.4 Å². The Kier molecular flexibility index (Phi) is 10.9. The average molecular weight is 825 g/mol. The summed E-state index contributed by atoms with van der Waals surface area (Å²) in [5, 5.41) is 0. The molecule has 0 N–H and O–H groups in total. The maximum atomic E-state index is 2.61. The molecule has 11 rings (SSSR count). The number of fused-ring (bicyclic) bond motifs is 8. The number of hydrogen-bond acceptors (Lipinski definition) is 2. The van der Waals surface area contributed by atoms with Gasteiger partial charge in [-0.2, -0.15) is 0 Å². The average Bonchev–Trinajstić information content (AvgIpc) is 3.81. The topological polar surface area (TPSA) is 6.48 Å². The molecule has 0 bridgehead atoms. The molecule has 6 aromatic rings. The molecule has 0 saturated heterocycles. The van der Waals surface area contributed by atoms with E-state index in [1.54, 1.807) is 0 Å². The fourth-order valence-corrected chi connectivity index (χ4v) is 11.3. The maximum Gasteiger partial charge on any atom is 0.0560 e. The Morgan fingerprint density at radius 1 is 0.429 bits per heavy atom. The summed E-state index contributed by atoms with van der Waals surface area (Å²) in [6.07, 6.45) is 15.9. The van der Waals surface area contributed by atoms with E-state index in [4.69, 9.17) is 0 Å². The van der Waals surface area contributed by atoms with Gasteiger partial charge in [-0.25, -0.2) is 0 Å². The van der Waals surface area contributed by atoms with E-state index in [9.17, 15) is 0 Å². The highest BCUT2D eigenvalue weighted by Crippen LogP contribution is 2.58. The third kappa shape index (κ3) is 6.59.